The van der Waals surface area contributed by atoms with E-state index in [0.717, 1.165) is 5.75 Å². The summed E-state index contributed by atoms with van der Waals surface area (Å²) in [5, 5.41) is 11.5. The van der Waals surface area contributed by atoms with Gasteiger partial charge < -0.3 is 5.11 Å². The van der Waals surface area contributed by atoms with E-state index < -0.39 is 5.97 Å². The van der Waals surface area contributed by atoms with Crippen molar-refractivity contribution in [2.24, 2.45) is 0 Å². The molecule has 0 aromatic heterocycles. The standard InChI is InChI=1S/C6H12INO2S/c1-11-3-2-5(6(9)10)8-4-7/h5,8H,2-4H2,1H3,(H,9,10)/t5-/m0/s1. The van der Waals surface area contributed by atoms with Gasteiger partial charge in [0.1, 0.15) is 6.04 Å². The zero-order valence-electron chi connectivity index (χ0n) is 6.34. The van der Waals surface area contributed by atoms with Gasteiger partial charge in [0.05, 0.1) is 0 Å². The molecule has 5 heteroatoms. The van der Waals surface area contributed by atoms with Gasteiger partial charge in [0.2, 0.25) is 0 Å². The molecule has 0 fully saturated rings. The number of hydrogen-bond acceptors (Lipinski definition) is 3. The zero-order valence-corrected chi connectivity index (χ0v) is 9.31. The molecule has 0 aliphatic rings. The summed E-state index contributed by atoms with van der Waals surface area (Å²) >= 11 is 3.77. The second-order valence-corrected chi connectivity index (χ2v) is 3.76. The van der Waals surface area contributed by atoms with E-state index in [1.165, 1.54) is 0 Å². The molecule has 0 rings (SSSR count). The molecule has 0 aromatic carbocycles. The summed E-state index contributed by atoms with van der Waals surface area (Å²) in [5.74, 6) is 0.136. The first kappa shape index (κ1) is 11.5. The highest BCUT2D eigenvalue weighted by Crippen LogP contribution is 2.01. The second-order valence-electron chi connectivity index (χ2n) is 2.01. The van der Waals surface area contributed by atoms with Gasteiger partial charge in [-0.05, 0) is 18.4 Å². The number of hydrogen-bond donors (Lipinski definition) is 2. The molecule has 2 N–H and O–H groups in total. The Hall–Kier alpha value is 0.510. The smallest absolute Gasteiger partial charge is 0.320 e. The van der Waals surface area contributed by atoms with Gasteiger partial charge in [0.15, 0.2) is 0 Å². The Labute approximate surface area is 84.5 Å². The van der Waals surface area contributed by atoms with E-state index >= 15 is 0 Å². The van der Waals surface area contributed by atoms with Crippen molar-refractivity contribution in [3.63, 3.8) is 0 Å². The fourth-order valence-electron chi connectivity index (χ4n) is 0.642. The predicted octanol–water partition coefficient (Wildman–Crippen LogP) is 1.17. The van der Waals surface area contributed by atoms with Crippen molar-refractivity contribution in [1.29, 1.82) is 0 Å². The van der Waals surface area contributed by atoms with Gasteiger partial charge in [0, 0.05) is 4.55 Å². The zero-order chi connectivity index (χ0) is 8.69. The molecule has 0 spiro atoms. The first-order valence-corrected chi connectivity index (χ1v) is 6.15. The van der Waals surface area contributed by atoms with E-state index in [1.54, 1.807) is 11.8 Å². The van der Waals surface area contributed by atoms with Crippen LogP contribution in [0.15, 0.2) is 0 Å². The summed E-state index contributed by atoms with van der Waals surface area (Å²) < 4.78 is 0.684. The van der Waals surface area contributed by atoms with Crippen molar-refractivity contribution in [1.82, 2.24) is 5.32 Å². The maximum Gasteiger partial charge on any atom is 0.320 e. The number of alkyl halides is 1. The Morgan fingerprint density at radius 1 is 1.82 bits per heavy atom. The van der Waals surface area contributed by atoms with Gasteiger partial charge in [-0.1, -0.05) is 22.6 Å². The highest BCUT2D eigenvalue weighted by atomic mass is 127. The predicted molar refractivity (Wildman–Crippen MR) is 56.4 cm³/mol. The molecular weight excluding hydrogens is 277 g/mol. The first-order valence-electron chi connectivity index (χ1n) is 3.23. The molecule has 3 nitrogen and oxygen atoms in total. The molecule has 0 aliphatic heterocycles. The fourth-order valence-corrected chi connectivity index (χ4v) is 1.64. The van der Waals surface area contributed by atoms with Gasteiger partial charge in [-0.25, -0.2) is 0 Å². The maximum absolute atomic E-state index is 10.5. The molecule has 0 aliphatic carbocycles. The molecule has 0 heterocycles. The van der Waals surface area contributed by atoms with Gasteiger partial charge >= 0.3 is 5.97 Å². The Morgan fingerprint density at radius 3 is 2.82 bits per heavy atom. The van der Waals surface area contributed by atoms with Gasteiger partial charge in [-0.2, -0.15) is 11.8 Å². The Morgan fingerprint density at radius 2 is 2.45 bits per heavy atom. The molecule has 0 radical (unpaired) electrons. The monoisotopic (exact) mass is 289 g/mol. The fraction of sp³-hybridized carbons (Fsp3) is 0.833. The third-order valence-electron chi connectivity index (χ3n) is 1.23. The lowest BCUT2D eigenvalue weighted by molar-refractivity contribution is -0.139. The molecule has 11 heavy (non-hydrogen) atoms. The molecule has 0 bridgehead atoms. The average Bonchev–Trinajstić information content (AvgIpc) is 1.97. The van der Waals surface area contributed by atoms with Crippen molar-refractivity contribution >= 4 is 40.3 Å². The van der Waals surface area contributed by atoms with Crippen molar-refractivity contribution in [3.05, 3.63) is 0 Å². The SMILES string of the molecule is CSCC[C@H](NCI)C(=O)O. The van der Waals surface area contributed by atoms with Crippen LogP contribution < -0.4 is 5.32 Å². The molecule has 0 saturated heterocycles. The number of aliphatic carboxylic acids is 1. The van der Waals surface area contributed by atoms with Crippen LogP contribution in [0.1, 0.15) is 6.42 Å². The minimum absolute atomic E-state index is 0.376. The molecule has 1 atom stereocenters. The quantitative estimate of drug-likeness (QED) is 0.438. The third-order valence-corrected chi connectivity index (χ3v) is 2.32. The van der Waals surface area contributed by atoms with E-state index in [-0.39, 0.29) is 6.04 Å². The van der Waals surface area contributed by atoms with E-state index in [0.29, 0.717) is 11.0 Å². The number of halogens is 1. The second kappa shape index (κ2) is 7.17. The maximum atomic E-state index is 10.5. The normalized spacial score (nSPS) is 12.9. The Bertz CT molecular complexity index is 123. The van der Waals surface area contributed by atoms with Crippen LogP contribution in [-0.2, 0) is 4.79 Å². The van der Waals surface area contributed by atoms with Crippen molar-refractivity contribution < 1.29 is 9.90 Å². The number of carbonyl (C=O) groups is 1. The third kappa shape index (κ3) is 5.75. The summed E-state index contributed by atoms with van der Waals surface area (Å²) in [6.45, 7) is 0. The van der Waals surface area contributed by atoms with Crippen LogP contribution in [0.4, 0.5) is 0 Å². The molecule has 0 unspecified atom stereocenters. The average molecular weight is 289 g/mol. The highest BCUT2D eigenvalue weighted by Gasteiger charge is 2.14. The minimum atomic E-state index is -0.754. The van der Waals surface area contributed by atoms with E-state index in [1.807, 2.05) is 6.26 Å². The van der Waals surface area contributed by atoms with E-state index in [9.17, 15) is 4.79 Å². The lowest BCUT2D eigenvalue weighted by atomic mass is 10.2. The van der Waals surface area contributed by atoms with Crippen molar-refractivity contribution in [2.75, 3.05) is 16.6 Å². The van der Waals surface area contributed by atoms with Gasteiger partial charge in [-0.15, -0.1) is 0 Å². The Balaban J connectivity index is 3.60. The van der Waals surface area contributed by atoms with Crippen LogP contribution in [0.25, 0.3) is 0 Å². The van der Waals surface area contributed by atoms with E-state index in [4.69, 9.17) is 5.11 Å². The van der Waals surface area contributed by atoms with Crippen LogP contribution in [-0.4, -0.2) is 33.7 Å². The van der Waals surface area contributed by atoms with E-state index in [2.05, 4.69) is 27.9 Å². The molecule has 0 aromatic rings. The van der Waals surface area contributed by atoms with Crippen LogP contribution >= 0.6 is 34.4 Å². The van der Waals surface area contributed by atoms with Crippen molar-refractivity contribution in [3.8, 4) is 0 Å². The summed E-state index contributed by atoms with van der Waals surface area (Å²) in [6.07, 6.45) is 2.67. The van der Waals surface area contributed by atoms with Crippen molar-refractivity contribution in [2.45, 2.75) is 12.5 Å². The Kier molecular flexibility index (Phi) is 7.51. The summed E-state index contributed by atoms with van der Waals surface area (Å²) in [5.41, 5.74) is 0. The number of rotatable bonds is 6. The van der Waals surface area contributed by atoms with Crippen LogP contribution in [0.2, 0.25) is 0 Å². The largest absolute Gasteiger partial charge is 0.480 e. The number of nitrogens with one attached hydrogen (secondary N) is 1. The summed E-state index contributed by atoms with van der Waals surface area (Å²) in [4.78, 5) is 10.5. The molecular formula is C6H12INO2S. The lowest BCUT2D eigenvalue weighted by Gasteiger charge is -2.10. The minimum Gasteiger partial charge on any atom is -0.480 e. The van der Waals surface area contributed by atoms with Gasteiger partial charge in [-0.3, -0.25) is 10.1 Å². The number of carboxylic acid groups (broad SMARTS) is 1. The highest BCUT2D eigenvalue weighted by molar-refractivity contribution is 14.1. The van der Waals surface area contributed by atoms with Crippen LogP contribution in [0.3, 0.4) is 0 Å². The number of thioether (sulfide) groups is 1. The topological polar surface area (TPSA) is 49.3 Å². The molecule has 0 amide bonds. The van der Waals surface area contributed by atoms with Crippen LogP contribution in [0, 0.1) is 0 Å². The number of carboxylic acids is 1. The summed E-state index contributed by atoms with van der Waals surface area (Å²) in [7, 11) is 0. The molecule has 66 valence electrons. The van der Waals surface area contributed by atoms with Gasteiger partial charge in [0.25, 0.3) is 0 Å². The first-order chi connectivity index (χ1) is 5.22. The summed E-state index contributed by atoms with van der Waals surface area (Å²) in [6, 6.07) is -0.376. The van der Waals surface area contributed by atoms with Crippen LogP contribution in [0.5, 0.6) is 0 Å². The molecule has 0 saturated carbocycles. The lowest BCUT2D eigenvalue weighted by Crippen LogP contribution is -2.36.